The highest BCUT2D eigenvalue weighted by Crippen LogP contribution is 2.24. The number of halogens is 2. The SMILES string of the molecule is CC(C)(Cn1c(CCCl)nc2ccc(F)cc21)S(C)(=O)=O. The van der Waals surface area contributed by atoms with Gasteiger partial charge in [0.25, 0.3) is 0 Å². The fourth-order valence-corrected chi connectivity index (χ4v) is 2.63. The third-order valence-corrected chi connectivity index (χ3v) is 5.98. The summed E-state index contributed by atoms with van der Waals surface area (Å²) < 4.78 is 38.1. The number of aryl methyl sites for hydroxylation is 1. The van der Waals surface area contributed by atoms with Crippen LogP contribution in [0.4, 0.5) is 4.39 Å². The van der Waals surface area contributed by atoms with Crippen LogP contribution in [-0.2, 0) is 22.8 Å². The van der Waals surface area contributed by atoms with E-state index in [1.165, 1.54) is 18.4 Å². The average molecular weight is 333 g/mol. The molecule has 0 N–H and O–H groups in total. The Morgan fingerprint density at radius 2 is 2.05 bits per heavy atom. The molecule has 1 aromatic heterocycles. The molecule has 116 valence electrons. The van der Waals surface area contributed by atoms with Gasteiger partial charge in [0.05, 0.1) is 15.8 Å². The summed E-state index contributed by atoms with van der Waals surface area (Å²) in [5.41, 5.74) is 1.23. The molecular formula is C14H18ClFN2O2S. The van der Waals surface area contributed by atoms with Gasteiger partial charge in [0.2, 0.25) is 0 Å². The molecule has 4 nitrogen and oxygen atoms in total. The van der Waals surface area contributed by atoms with Crippen LogP contribution in [0.3, 0.4) is 0 Å². The topological polar surface area (TPSA) is 52.0 Å². The van der Waals surface area contributed by atoms with Crippen molar-refractivity contribution in [1.82, 2.24) is 9.55 Å². The first-order valence-corrected chi connectivity index (χ1v) is 8.98. The second-order valence-electron chi connectivity index (χ2n) is 5.72. The molecule has 0 saturated heterocycles. The van der Waals surface area contributed by atoms with Gasteiger partial charge in [-0.2, -0.15) is 0 Å². The average Bonchev–Trinajstić information content (AvgIpc) is 2.66. The number of benzene rings is 1. The van der Waals surface area contributed by atoms with E-state index in [1.54, 1.807) is 24.5 Å². The Bertz CT molecular complexity index is 769. The van der Waals surface area contributed by atoms with Crippen molar-refractivity contribution >= 4 is 32.5 Å². The van der Waals surface area contributed by atoms with Gasteiger partial charge in [0, 0.05) is 25.1 Å². The van der Waals surface area contributed by atoms with Gasteiger partial charge in [-0.1, -0.05) is 0 Å². The lowest BCUT2D eigenvalue weighted by Crippen LogP contribution is -2.36. The van der Waals surface area contributed by atoms with Crippen molar-refractivity contribution in [3.05, 3.63) is 29.8 Å². The van der Waals surface area contributed by atoms with E-state index in [9.17, 15) is 12.8 Å². The smallest absolute Gasteiger partial charge is 0.154 e. The molecule has 1 heterocycles. The summed E-state index contributed by atoms with van der Waals surface area (Å²) in [6.07, 6.45) is 1.70. The normalized spacial score (nSPS) is 13.0. The molecule has 1 aromatic carbocycles. The Hall–Kier alpha value is -1.14. The number of sulfone groups is 1. The van der Waals surface area contributed by atoms with Gasteiger partial charge < -0.3 is 4.57 Å². The predicted octanol–water partition coefficient (Wildman–Crippen LogP) is 2.78. The standard InChI is InChI=1S/C14H18ClFN2O2S/c1-14(2,21(3,19)20)9-18-12-8-10(16)4-5-11(12)17-13(18)6-7-15/h4-5,8H,6-7,9H2,1-3H3. The number of rotatable bonds is 5. The van der Waals surface area contributed by atoms with Crippen molar-refractivity contribution in [2.75, 3.05) is 12.1 Å². The Kier molecular flexibility index (Phi) is 4.31. The lowest BCUT2D eigenvalue weighted by atomic mass is 10.2. The van der Waals surface area contributed by atoms with Crippen molar-refractivity contribution in [3.8, 4) is 0 Å². The number of aromatic nitrogens is 2. The fourth-order valence-electron chi connectivity index (χ4n) is 2.10. The Morgan fingerprint density at radius 1 is 1.38 bits per heavy atom. The molecule has 0 fully saturated rings. The minimum atomic E-state index is -3.26. The molecule has 0 bridgehead atoms. The molecule has 2 aromatic rings. The quantitative estimate of drug-likeness (QED) is 0.791. The van der Waals surface area contributed by atoms with Gasteiger partial charge in [0.1, 0.15) is 11.6 Å². The van der Waals surface area contributed by atoms with Crippen LogP contribution in [0.15, 0.2) is 18.2 Å². The first kappa shape index (κ1) is 16.2. The fraction of sp³-hybridized carbons (Fsp3) is 0.500. The van der Waals surface area contributed by atoms with Crippen LogP contribution in [0, 0.1) is 5.82 Å². The molecule has 0 unspecified atom stereocenters. The van der Waals surface area contributed by atoms with Gasteiger partial charge in [-0.05, 0) is 32.0 Å². The van der Waals surface area contributed by atoms with Crippen molar-refractivity contribution in [2.45, 2.75) is 31.6 Å². The summed E-state index contributed by atoms with van der Waals surface area (Å²) in [6.45, 7) is 3.51. The number of imidazole rings is 1. The molecule has 0 aliphatic carbocycles. The van der Waals surface area contributed by atoms with E-state index in [2.05, 4.69) is 4.98 Å². The minimum absolute atomic E-state index is 0.206. The van der Waals surface area contributed by atoms with E-state index in [1.807, 2.05) is 0 Å². The molecule has 0 spiro atoms. The monoisotopic (exact) mass is 332 g/mol. The zero-order chi connectivity index (χ0) is 15.8. The minimum Gasteiger partial charge on any atom is -0.326 e. The third-order valence-electron chi connectivity index (χ3n) is 3.65. The van der Waals surface area contributed by atoms with Gasteiger partial charge in [-0.3, -0.25) is 0 Å². The van der Waals surface area contributed by atoms with Crippen molar-refractivity contribution < 1.29 is 12.8 Å². The molecule has 0 radical (unpaired) electrons. The molecule has 0 atom stereocenters. The van der Waals surface area contributed by atoms with E-state index >= 15 is 0 Å². The van der Waals surface area contributed by atoms with Crippen LogP contribution >= 0.6 is 11.6 Å². The molecule has 0 aliphatic rings. The number of hydrogen-bond donors (Lipinski definition) is 0. The summed E-state index contributed by atoms with van der Waals surface area (Å²) in [4.78, 5) is 4.43. The Labute approximate surface area is 128 Å². The van der Waals surface area contributed by atoms with E-state index in [-0.39, 0.29) is 12.4 Å². The summed E-state index contributed by atoms with van der Waals surface area (Å²) in [6, 6.07) is 4.30. The second kappa shape index (κ2) is 5.57. The number of hydrogen-bond acceptors (Lipinski definition) is 3. The zero-order valence-corrected chi connectivity index (χ0v) is 13.8. The zero-order valence-electron chi connectivity index (χ0n) is 12.2. The summed E-state index contributed by atoms with van der Waals surface area (Å²) in [5.74, 6) is 0.658. The van der Waals surface area contributed by atoms with Gasteiger partial charge in [0.15, 0.2) is 9.84 Å². The van der Waals surface area contributed by atoms with E-state index < -0.39 is 14.6 Å². The Balaban J connectivity index is 2.60. The molecule has 21 heavy (non-hydrogen) atoms. The van der Waals surface area contributed by atoms with E-state index in [4.69, 9.17) is 11.6 Å². The van der Waals surface area contributed by atoms with Crippen LogP contribution in [0.2, 0.25) is 0 Å². The molecule has 0 amide bonds. The number of alkyl halides is 1. The molecule has 0 aliphatic heterocycles. The molecule has 2 rings (SSSR count). The van der Waals surface area contributed by atoms with Gasteiger partial charge >= 0.3 is 0 Å². The van der Waals surface area contributed by atoms with Crippen molar-refractivity contribution in [3.63, 3.8) is 0 Å². The van der Waals surface area contributed by atoms with Crippen LogP contribution in [0.1, 0.15) is 19.7 Å². The molecular weight excluding hydrogens is 315 g/mol. The van der Waals surface area contributed by atoms with Gasteiger partial charge in [-0.15, -0.1) is 11.6 Å². The maximum absolute atomic E-state index is 13.5. The highest BCUT2D eigenvalue weighted by Gasteiger charge is 2.32. The van der Waals surface area contributed by atoms with E-state index in [0.717, 1.165) is 0 Å². The summed E-state index contributed by atoms with van der Waals surface area (Å²) in [5, 5.41) is 0. The first-order chi connectivity index (χ1) is 9.65. The Morgan fingerprint density at radius 3 is 2.62 bits per heavy atom. The third kappa shape index (κ3) is 3.21. The second-order valence-corrected chi connectivity index (χ2v) is 8.75. The number of nitrogens with zero attached hydrogens (tertiary/aromatic N) is 2. The van der Waals surface area contributed by atoms with Crippen LogP contribution < -0.4 is 0 Å². The number of fused-ring (bicyclic) bond motifs is 1. The largest absolute Gasteiger partial charge is 0.326 e. The summed E-state index contributed by atoms with van der Waals surface area (Å²) in [7, 11) is -3.26. The summed E-state index contributed by atoms with van der Waals surface area (Å²) >= 11 is 5.78. The lowest BCUT2D eigenvalue weighted by molar-refractivity contribution is 0.500. The van der Waals surface area contributed by atoms with Crippen LogP contribution in [-0.4, -0.2) is 34.9 Å². The van der Waals surface area contributed by atoms with Crippen molar-refractivity contribution in [1.29, 1.82) is 0 Å². The highest BCUT2D eigenvalue weighted by atomic mass is 35.5. The maximum atomic E-state index is 13.5. The van der Waals surface area contributed by atoms with E-state index in [0.29, 0.717) is 29.2 Å². The van der Waals surface area contributed by atoms with Crippen molar-refractivity contribution in [2.24, 2.45) is 0 Å². The molecule has 7 heteroatoms. The molecule has 0 saturated carbocycles. The maximum Gasteiger partial charge on any atom is 0.154 e. The highest BCUT2D eigenvalue weighted by molar-refractivity contribution is 7.92. The lowest BCUT2D eigenvalue weighted by Gasteiger charge is -2.24. The van der Waals surface area contributed by atoms with Crippen LogP contribution in [0.25, 0.3) is 11.0 Å². The first-order valence-electron chi connectivity index (χ1n) is 6.56. The van der Waals surface area contributed by atoms with Gasteiger partial charge in [-0.25, -0.2) is 17.8 Å². The predicted molar refractivity (Wildman–Crippen MR) is 83.0 cm³/mol. The van der Waals surface area contributed by atoms with Crippen LogP contribution in [0.5, 0.6) is 0 Å².